The van der Waals surface area contributed by atoms with E-state index >= 15 is 0 Å². The van der Waals surface area contributed by atoms with Gasteiger partial charge >= 0.3 is 0 Å². The fourth-order valence-electron chi connectivity index (χ4n) is 22.1. The quantitative estimate of drug-likeness (QED) is 0.0710. The Bertz CT molecular complexity index is 7490. The van der Waals surface area contributed by atoms with Gasteiger partial charge in [-0.3, -0.25) is 0 Å². The van der Waals surface area contributed by atoms with Gasteiger partial charge in [0.25, 0.3) is 6.71 Å². The van der Waals surface area contributed by atoms with Crippen LogP contribution >= 0.6 is 0 Å². The molecule has 0 spiro atoms. The molecule has 0 unspecified atom stereocenters. The zero-order valence-corrected chi connectivity index (χ0v) is 72.2. The van der Waals surface area contributed by atoms with E-state index in [1.165, 1.54) is 90.2 Å². The van der Waals surface area contributed by atoms with Gasteiger partial charge in [0.1, 0.15) is 0 Å². The molecule has 0 atom stereocenters. The second-order valence-electron chi connectivity index (χ2n) is 34.1. The van der Waals surface area contributed by atoms with E-state index in [9.17, 15) is 0 Å². The minimum Gasteiger partial charge on any atom is -0.311 e. The predicted molar refractivity (Wildman–Crippen MR) is 547 cm³/mol. The van der Waals surface area contributed by atoms with E-state index in [1.54, 1.807) is 0 Å². The smallest absolute Gasteiger partial charge is 0.252 e. The molecule has 0 radical (unpaired) electrons. The number of fused-ring (bicyclic) bond motifs is 13. The summed E-state index contributed by atoms with van der Waals surface area (Å²) < 4.78 is 7.57. The summed E-state index contributed by atoms with van der Waals surface area (Å²) in [7, 11) is -6.44. The van der Waals surface area contributed by atoms with E-state index in [1.807, 2.05) is 0 Å². The summed E-state index contributed by atoms with van der Waals surface area (Å²) in [4.78, 5) is 5.39. The molecular weight excluding hydrogens is 1580 g/mol. The average molecular weight is 1660 g/mol. The first kappa shape index (κ1) is 74.5. The zero-order chi connectivity index (χ0) is 84.4. The highest BCUT2D eigenvalue weighted by Gasteiger charge is 2.48. The first-order valence-corrected chi connectivity index (χ1v) is 48.4. The standard InChI is InChI=1S/C120H82BN5Si2/c1-9-39-83(40-10-1)105-75-85(76-106(84-41-11-2-12-42-84)120(105)126-113-69-35-29-63-103(113)104-64-30-36-70-114(104)126)86-77-117-119-118(78-86)125(88-44-38-58-98(80-88)128(94-51-19-6-20-52-94,95-53-21-7-22-54-95)96-55-23-8-24-56-96)116-82-90(123-111-67-33-27-61-101(111)102-62-28-34-68-112(102)123)72-74-108(116)121(119)107-73-71-89(122-109-65-31-25-59-99(109)100-60-26-32-66-110(100)122)81-115(107)124(117)87-43-37-57-97(79-87)127(91-45-13-3-14-46-91,92-47-15-4-16-48-92)93-49-17-5-18-50-93/h1-82H. The van der Waals surface area contributed by atoms with Gasteiger partial charge in [-0.1, -0.05) is 388 Å². The molecule has 8 heteroatoms. The van der Waals surface area contributed by atoms with E-state index in [0.717, 1.165) is 118 Å². The molecule has 25 rings (SSSR count). The Kier molecular flexibility index (Phi) is 17.7. The van der Waals surface area contributed by atoms with Crippen LogP contribution in [0.15, 0.2) is 497 Å². The van der Waals surface area contributed by atoms with E-state index in [2.05, 4.69) is 521 Å². The third-order valence-electron chi connectivity index (χ3n) is 27.4. The number of aromatic nitrogens is 3. The zero-order valence-electron chi connectivity index (χ0n) is 70.2. The maximum absolute atomic E-state index is 3.22. The van der Waals surface area contributed by atoms with Crippen molar-refractivity contribution in [3.05, 3.63) is 497 Å². The Hall–Kier alpha value is -16.1. The molecule has 2 aliphatic rings. The van der Waals surface area contributed by atoms with E-state index in [0.29, 0.717) is 0 Å². The molecular formula is C120H82BN5Si2. The van der Waals surface area contributed by atoms with Crippen molar-refractivity contribution in [2.45, 2.75) is 0 Å². The van der Waals surface area contributed by atoms with Gasteiger partial charge in [0.15, 0.2) is 16.1 Å². The molecule has 0 bridgehead atoms. The number of anilines is 6. The normalized spacial score (nSPS) is 12.5. The molecule has 5 nitrogen and oxygen atoms in total. The van der Waals surface area contributed by atoms with Crippen LogP contribution in [0.4, 0.5) is 34.1 Å². The van der Waals surface area contributed by atoms with Gasteiger partial charge in [-0.25, -0.2) is 0 Å². The minimum absolute atomic E-state index is 0.312. The Morgan fingerprint density at radius 3 is 0.734 bits per heavy atom. The van der Waals surface area contributed by atoms with Crippen molar-refractivity contribution in [3.63, 3.8) is 0 Å². The van der Waals surface area contributed by atoms with Gasteiger partial charge in [-0.05, 0) is 189 Å². The molecule has 0 fully saturated rings. The number of hydrogen-bond donors (Lipinski definition) is 0. The molecule has 5 heterocycles. The van der Waals surface area contributed by atoms with Crippen LogP contribution in [-0.2, 0) is 0 Å². The van der Waals surface area contributed by atoms with Crippen molar-refractivity contribution in [3.8, 4) is 50.4 Å². The lowest BCUT2D eigenvalue weighted by molar-refractivity contribution is 1.17. The van der Waals surface area contributed by atoms with Crippen LogP contribution in [0, 0.1) is 0 Å². The molecule has 128 heavy (non-hydrogen) atoms. The van der Waals surface area contributed by atoms with Crippen LogP contribution in [0.2, 0.25) is 0 Å². The highest BCUT2D eigenvalue weighted by Crippen LogP contribution is 2.51. The summed E-state index contributed by atoms with van der Waals surface area (Å²) in [5.74, 6) is 0. The van der Waals surface area contributed by atoms with Crippen molar-refractivity contribution in [1.29, 1.82) is 0 Å². The topological polar surface area (TPSA) is 21.3 Å². The van der Waals surface area contributed by atoms with Gasteiger partial charge in [0.2, 0.25) is 0 Å². The summed E-state index contributed by atoms with van der Waals surface area (Å²) in [6, 6.07) is 189. The summed E-state index contributed by atoms with van der Waals surface area (Å²) in [5.41, 5.74) is 26.9. The molecule has 0 amide bonds. The molecule has 3 aromatic heterocycles. The number of rotatable bonds is 16. The predicted octanol–water partition coefficient (Wildman–Crippen LogP) is 22.8. The Labute approximate surface area is 746 Å². The van der Waals surface area contributed by atoms with Crippen LogP contribution in [0.5, 0.6) is 0 Å². The van der Waals surface area contributed by atoms with Gasteiger partial charge in [0.05, 0.1) is 38.8 Å². The van der Waals surface area contributed by atoms with E-state index in [4.69, 9.17) is 0 Å². The monoisotopic (exact) mass is 1660 g/mol. The van der Waals surface area contributed by atoms with E-state index < -0.39 is 16.1 Å². The third-order valence-corrected chi connectivity index (χ3v) is 37.0. The molecule has 0 N–H and O–H groups in total. The average Bonchev–Trinajstić information content (AvgIpc) is 1.17. The van der Waals surface area contributed by atoms with E-state index in [-0.39, 0.29) is 6.71 Å². The van der Waals surface area contributed by atoms with Gasteiger partial charge < -0.3 is 23.5 Å². The van der Waals surface area contributed by atoms with Crippen molar-refractivity contribution < 1.29 is 0 Å². The molecule has 0 saturated heterocycles. The molecule has 598 valence electrons. The van der Waals surface area contributed by atoms with Crippen LogP contribution in [0.25, 0.3) is 116 Å². The summed E-state index contributed by atoms with van der Waals surface area (Å²) in [5, 5.41) is 17.7. The van der Waals surface area contributed by atoms with Gasteiger partial charge in [-0.15, -0.1) is 0 Å². The fraction of sp³-hybridized carbons (Fsp3) is 0. The molecule has 20 aromatic carbocycles. The lowest BCUT2D eigenvalue weighted by Crippen LogP contribution is -2.74. The third kappa shape index (κ3) is 11.6. The second-order valence-corrected chi connectivity index (χ2v) is 41.7. The van der Waals surface area contributed by atoms with Crippen molar-refractivity contribution in [1.82, 2.24) is 13.7 Å². The van der Waals surface area contributed by atoms with Crippen LogP contribution in [-0.4, -0.2) is 36.6 Å². The minimum atomic E-state index is -3.22. The highest BCUT2D eigenvalue weighted by atomic mass is 28.3. The number of nitrogens with zero attached hydrogens (tertiary/aromatic N) is 5. The molecule has 0 aliphatic carbocycles. The van der Waals surface area contributed by atoms with Crippen LogP contribution in [0.1, 0.15) is 0 Å². The first-order valence-electron chi connectivity index (χ1n) is 44.4. The SMILES string of the molecule is c1ccc(-c2cc(-c3cc4c5c(c3)N(c3cccc([Si](c6ccccc6)(c6ccccc6)c6ccccc6)c3)c3cc(-n6c7ccccc7c7ccccc76)ccc3B5c3ccc(-n5c6ccccc6c6ccccc65)cc3N4c3cccc([Si](c4ccccc4)(c4ccccc4)c4ccccc4)c3)cc(-c3ccccc3)c2-n2c3ccccc3c3ccccc32)cc1. The van der Waals surface area contributed by atoms with Crippen LogP contribution < -0.4 is 67.7 Å². The Morgan fingerprint density at radius 2 is 0.430 bits per heavy atom. The second kappa shape index (κ2) is 30.4. The summed E-state index contributed by atoms with van der Waals surface area (Å²) in [6.45, 7) is -0.312. The van der Waals surface area contributed by atoms with Crippen molar-refractivity contribution >= 4 is 180 Å². The summed E-state index contributed by atoms with van der Waals surface area (Å²) >= 11 is 0. The number of hydrogen-bond acceptors (Lipinski definition) is 2. The molecule has 2 aliphatic heterocycles. The lowest BCUT2D eigenvalue weighted by atomic mass is 9.33. The fourth-order valence-corrected chi connectivity index (χ4v) is 31.7. The van der Waals surface area contributed by atoms with Gasteiger partial charge in [-0.2, -0.15) is 0 Å². The summed E-state index contributed by atoms with van der Waals surface area (Å²) in [6.07, 6.45) is 0. The maximum atomic E-state index is 2.70. The van der Waals surface area contributed by atoms with Crippen molar-refractivity contribution in [2.75, 3.05) is 9.80 Å². The molecule has 23 aromatic rings. The highest BCUT2D eigenvalue weighted by molar-refractivity contribution is 7.20. The van der Waals surface area contributed by atoms with Crippen LogP contribution in [0.3, 0.4) is 0 Å². The number of para-hydroxylation sites is 6. The first-order chi connectivity index (χ1) is 63.5. The maximum Gasteiger partial charge on any atom is 0.252 e. The van der Waals surface area contributed by atoms with Gasteiger partial charge in [0, 0.05) is 88.9 Å². The Morgan fingerprint density at radius 1 is 0.172 bits per heavy atom. The van der Waals surface area contributed by atoms with Crippen molar-refractivity contribution in [2.24, 2.45) is 0 Å². The Balaban J connectivity index is 0.847. The number of benzene rings is 20. The molecule has 0 saturated carbocycles. The largest absolute Gasteiger partial charge is 0.311 e. The lowest BCUT2D eigenvalue weighted by Gasteiger charge is -2.45.